The molecule has 0 aliphatic carbocycles. The third-order valence-corrected chi connectivity index (χ3v) is 2.81. The number of nitrogens with one attached hydrogen (secondary N) is 1. The summed E-state index contributed by atoms with van der Waals surface area (Å²) in [6.07, 6.45) is 5.41. The summed E-state index contributed by atoms with van der Waals surface area (Å²) in [5.74, 6) is -1.07. The Morgan fingerprint density at radius 2 is 2.40 bits per heavy atom. The van der Waals surface area contributed by atoms with E-state index in [9.17, 15) is 9.59 Å². The fourth-order valence-corrected chi connectivity index (χ4v) is 1.95. The number of carbonyl (C=O) groups excluding carboxylic acids is 1. The average molecular weight is 211 g/mol. The maximum atomic E-state index is 11.2. The molecular weight excluding hydrogens is 194 g/mol. The summed E-state index contributed by atoms with van der Waals surface area (Å²) in [6.45, 7) is 3.59. The molecule has 15 heavy (non-hydrogen) atoms. The summed E-state index contributed by atoms with van der Waals surface area (Å²) in [4.78, 5) is 22.4. The fourth-order valence-electron chi connectivity index (χ4n) is 1.95. The van der Waals surface area contributed by atoms with Crippen LogP contribution in [-0.2, 0) is 9.59 Å². The van der Waals surface area contributed by atoms with Crippen molar-refractivity contribution in [3.8, 4) is 0 Å². The van der Waals surface area contributed by atoms with Crippen LogP contribution in [-0.4, -0.2) is 22.5 Å². The molecule has 1 amide bonds. The van der Waals surface area contributed by atoms with Gasteiger partial charge in [-0.3, -0.25) is 4.79 Å². The highest BCUT2D eigenvalue weighted by molar-refractivity contribution is 5.88. The van der Waals surface area contributed by atoms with Crippen LogP contribution in [0.1, 0.15) is 38.5 Å². The van der Waals surface area contributed by atoms with Gasteiger partial charge in [-0.25, -0.2) is 4.79 Å². The number of carboxylic acids is 1. The van der Waals surface area contributed by atoms with Gasteiger partial charge in [-0.1, -0.05) is 6.08 Å². The zero-order valence-electron chi connectivity index (χ0n) is 8.79. The summed E-state index contributed by atoms with van der Waals surface area (Å²) in [5.41, 5.74) is -1.03. The topological polar surface area (TPSA) is 66.4 Å². The van der Waals surface area contributed by atoms with Crippen LogP contribution >= 0.6 is 0 Å². The Hall–Kier alpha value is -1.32. The Morgan fingerprint density at radius 3 is 2.93 bits per heavy atom. The third kappa shape index (κ3) is 2.81. The summed E-state index contributed by atoms with van der Waals surface area (Å²) < 4.78 is 0. The Kier molecular flexibility index (Phi) is 3.88. The minimum absolute atomic E-state index is 0.151. The number of unbranched alkanes of at least 4 members (excludes halogenated alkanes) is 1. The van der Waals surface area contributed by atoms with E-state index in [1.54, 1.807) is 6.08 Å². The molecule has 1 aliphatic heterocycles. The first-order valence-corrected chi connectivity index (χ1v) is 5.26. The van der Waals surface area contributed by atoms with E-state index in [1.165, 1.54) is 0 Å². The van der Waals surface area contributed by atoms with Crippen molar-refractivity contribution in [1.82, 2.24) is 5.32 Å². The molecule has 1 saturated heterocycles. The molecule has 4 nitrogen and oxygen atoms in total. The van der Waals surface area contributed by atoms with Gasteiger partial charge < -0.3 is 10.4 Å². The molecular formula is C11H17NO3. The van der Waals surface area contributed by atoms with Crippen molar-refractivity contribution >= 4 is 11.9 Å². The Labute approximate surface area is 89.4 Å². The molecule has 0 bridgehead atoms. The largest absolute Gasteiger partial charge is 0.480 e. The van der Waals surface area contributed by atoms with E-state index in [-0.39, 0.29) is 5.91 Å². The lowest BCUT2D eigenvalue weighted by atomic mass is 9.84. The van der Waals surface area contributed by atoms with Crippen molar-refractivity contribution in [2.45, 2.75) is 44.1 Å². The smallest absolute Gasteiger partial charge is 0.329 e. The first-order valence-electron chi connectivity index (χ1n) is 5.26. The molecule has 1 rings (SSSR count). The number of rotatable bonds is 5. The second kappa shape index (κ2) is 4.96. The van der Waals surface area contributed by atoms with E-state index in [0.717, 1.165) is 12.8 Å². The van der Waals surface area contributed by atoms with Gasteiger partial charge in [-0.2, -0.15) is 0 Å². The normalized spacial score (nSPS) is 25.7. The number of carbonyl (C=O) groups is 2. The van der Waals surface area contributed by atoms with Crippen LogP contribution in [0.5, 0.6) is 0 Å². The molecule has 1 heterocycles. The maximum Gasteiger partial charge on any atom is 0.329 e. The van der Waals surface area contributed by atoms with E-state index in [2.05, 4.69) is 11.9 Å². The van der Waals surface area contributed by atoms with Crippen molar-refractivity contribution in [2.75, 3.05) is 0 Å². The van der Waals surface area contributed by atoms with Gasteiger partial charge in [0.05, 0.1) is 0 Å². The molecule has 0 radical (unpaired) electrons. The minimum atomic E-state index is -1.03. The first-order chi connectivity index (χ1) is 7.10. The second-order valence-corrected chi connectivity index (χ2v) is 3.97. The standard InChI is InChI=1S/C11H17NO3/c1-2-3-4-7-11(10(14)15)8-5-6-9(13)12-11/h2H,1,3-8H2,(H,12,13)(H,14,15). The van der Waals surface area contributed by atoms with Gasteiger partial charge in [0.25, 0.3) is 0 Å². The van der Waals surface area contributed by atoms with Crippen molar-refractivity contribution in [3.05, 3.63) is 12.7 Å². The molecule has 0 aromatic heterocycles. The molecule has 84 valence electrons. The third-order valence-electron chi connectivity index (χ3n) is 2.81. The van der Waals surface area contributed by atoms with Crippen LogP contribution in [0.2, 0.25) is 0 Å². The predicted octanol–water partition coefficient (Wildman–Crippen LogP) is 1.47. The average Bonchev–Trinajstić information content (AvgIpc) is 2.18. The molecule has 1 aliphatic rings. The molecule has 2 N–H and O–H groups in total. The first kappa shape index (κ1) is 11.8. The molecule has 1 fully saturated rings. The van der Waals surface area contributed by atoms with Crippen LogP contribution in [0.4, 0.5) is 0 Å². The van der Waals surface area contributed by atoms with Gasteiger partial charge >= 0.3 is 5.97 Å². The lowest BCUT2D eigenvalue weighted by Crippen LogP contribution is -2.56. The SMILES string of the molecule is C=CCCCC1(C(=O)O)CCCC(=O)N1. The lowest BCUT2D eigenvalue weighted by Gasteiger charge is -2.34. The highest BCUT2D eigenvalue weighted by Gasteiger charge is 2.41. The van der Waals surface area contributed by atoms with Crippen molar-refractivity contribution in [2.24, 2.45) is 0 Å². The van der Waals surface area contributed by atoms with Gasteiger partial charge in [-0.15, -0.1) is 6.58 Å². The van der Waals surface area contributed by atoms with Crippen LogP contribution < -0.4 is 5.32 Å². The van der Waals surface area contributed by atoms with E-state index < -0.39 is 11.5 Å². The highest BCUT2D eigenvalue weighted by atomic mass is 16.4. The summed E-state index contributed by atoms with van der Waals surface area (Å²) >= 11 is 0. The van der Waals surface area contributed by atoms with E-state index in [0.29, 0.717) is 25.7 Å². The van der Waals surface area contributed by atoms with Crippen molar-refractivity contribution < 1.29 is 14.7 Å². The number of carboxylic acid groups (broad SMARTS) is 1. The summed E-state index contributed by atoms with van der Waals surface area (Å²) in [7, 11) is 0. The fraction of sp³-hybridized carbons (Fsp3) is 0.636. The number of hydrogen-bond acceptors (Lipinski definition) is 2. The monoisotopic (exact) mass is 211 g/mol. The van der Waals surface area contributed by atoms with Crippen LogP contribution in [0.15, 0.2) is 12.7 Å². The summed E-state index contributed by atoms with van der Waals surface area (Å²) in [5, 5.41) is 11.8. The Bertz CT molecular complexity index is 275. The molecule has 4 heteroatoms. The molecule has 0 aromatic carbocycles. The molecule has 1 atom stereocenters. The van der Waals surface area contributed by atoms with Crippen molar-refractivity contribution in [1.29, 1.82) is 0 Å². The zero-order chi connectivity index (χ0) is 11.3. The number of hydrogen-bond donors (Lipinski definition) is 2. The summed E-state index contributed by atoms with van der Waals surface area (Å²) in [6, 6.07) is 0. The van der Waals surface area contributed by atoms with Gasteiger partial charge in [0.2, 0.25) is 5.91 Å². The van der Waals surface area contributed by atoms with E-state index in [1.807, 2.05) is 0 Å². The van der Waals surface area contributed by atoms with Crippen LogP contribution in [0, 0.1) is 0 Å². The van der Waals surface area contributed by atoms with Crippen LogP contribution in [0.25, 0.3) is 0 Å². The lowest BCUT2D eigenvalue weighted by molar-refractivity contribution is -0.150. The molecule has 0 saturated carbocycles. The van der Waals surface area contributed by atoms with Gasteiger partial charge in [-0.05, 0) is 32.1 Å². The van der Waals surface area contributed by atoms with Crippen molar-refractivity contribution in [3.63, 3.8) is 0 Å². The molecule has 0 aromatic rings. The van der Waals surface area contributed by atoms with Gasteiger partial charge in [0, 0.05) is 6.42 Å². The number of piperidine rings is 1. The van der Waals surface area contributed by atoms with E-state index in [4.69, 9.17) is 5.11 Å². The number of allylic oxidation sites excluding steroid dienone is 1. The number of amides is 1. The van der Waals surface area contributed by atoms with Gasteiger partial charge in [0.1, 0.15) is 5.54 Å². The highest BCUT2D eigenvalue weighted by Crippen LogP contribution is 2.26. The quantitative estimate of drug-likeness (QED) is 0.534. The Balaban J connectivity index is 2.64. The number of aliphatic carboxylic acids is 1. The second-order valence-electron chi connectivity index (χ2n) is 3.97. The Morgan fingerprint density at radius 1 is 1.67 bits per heavy atom. The van der Waals surface area contributed by atoms with E-state index >= 15 is 0 Å². The van der Waals surface area contributed by atoms with Gasteiger partial charge in [0.15, 0.2) is 0 Å². The minimum Gasteiger partial charge on any atom is -0.480 e. The maximum absolute atomic E-state index is 11.2. The molecule has 1 unspecified atom stereocenters. The zero-order valence-corrected chi connectivity index (χ0v) is 8.79. The predicted molar refractivity (Wildman–Crippen MR) is 56.4 cm³/mol. The van der Waals surface area contributed by atoms with Crippen LogP contribution in [0.3, 0.4) is 0 Å². The molecule has 0 spiro atoms.